The molecule has 1 aliphatic rings. The first-order chi connectivity index (χ1) is 10.1. The van der Waals surface area contributed by atoms with Crippen LogP contribution in [0.1, 0.15) is 44.6 Å². The average Bonchev–Trinajstić information content (AvgIpc) is 2.50. The van der Waals surface area contributed by atoms with E-state index in [0.717, 1.165) is 42.3 Å². The lowest BCUT2D eigenvalue weighted by atomic mass is 9.94. The van der Waals surface area contributed by atoms with Crippen LogP contribution in [-0.4, -0.2) is 25.4 Å². The molecule has 1 saturated carbocycles. The highest BCUT2D eigenvalue weighted by atomic mass is 79.9. The third kappa shape index (κ3) is 4.97. The van der Waals surface area contributed by atoms with Crippen molar-refractivity contribution < 1.29 is 9.47 Å². The molecule has 4 heteroatoms. The largest absolute Gasteiger partial charge is 0.490 e. The van der Waals surface area contributed by atoms with E-state index in [2.05, 4.69) is 35.0 Å². The van der Waals surface area contributed by atoms with Gasteiger partial charge in [0.15, 0.2) is 0 Å². The molecule has 0 bridgehead atoms. The minimum absolute atomic E-state index is 0.180. The van der Waals surface area contributed by atoms with Crippen molar-refractivity contribution in [3.8, 4) is 5.75 Å². The standard InChI is InChI=1S/C17H26BrNO2/c1-3-14(19)10-12-9-13(18)7-8-17(12)21-16-6-4-5-15(11-16)20-2/h7-9,14-16H,3-6,10-11,19H2,1-2H3. The van der Waals surface area contributed by atoms with Crippen molar-refractivity contribution in [2.45, 2.75) is 63.7 Å². The third-order valence-electron chi connectivity index (χ3n) is 4.23. The Labute approximate surface area is 136 Å². The van der Waals surface area contributed by atoms with Crippen LogP contribution in [0.3, 0.4) is 0 Å². The summed E-state index contributed by atoms with van der Waals surface area (Å²) in [6.07, 6.45) is 6.81. The van der Waals surface area contributed by atoms with Crippen LogP contribution < -0.4 is 10.5 Å². The van der Waals surface area contributed by atoms with Gasteiger partial charge in [0, 0.05) is 24.0 Å². The number of nitrogens with two attached hydrogens (primary N) is 1. The predicted molar refractivity (Wildman–Crippen MR) is 89.8 cm³/mol. The molecular weight excluding hydrogens is 330 g/mol. The number of benzene rings is 1. The van der Waals surface area contributed by atoms with Gasteiger partial charge in [0.25, 0.3) is 0 Å². The number of hydrogen-bond acceptors (Lipinski definition) is 3. The van der Waals surface area contributed by atoms with E-state index < -0.39 is 0 Å². The topological polar surface area (TPSA) is 44.5 Å². The van der Waals surface area contributed by atoms with Gasteiger partial charge in [-0.05, 0) is 55.9 Å². The van der Waals surface area contributed by atoms with Gasteiger partial charge in [-0.2, -0.15) is 0 Å². The first-order valence-electron chi connectivity index (χ1n) is 7.85. The fourth-order valence-corrected chi connectivity index (χ4v) is 3.26. The van der Waals surface area contributed by atoms with Gasteiger partial charge < -0.3 is 15.2 Å². The summed E-state index contributed by atoms with van der Waals surface area (Å²) in [6.45, 7) is 2.12. The number of ether oxygens (including phenoxy) is 2. The molecule has 1 aliphatic carbocycles. The van der Waals surface area contributed by atoms with Crippen LogP contribution in [0.25, 0.3) is 0 Å². The molecule has 3 nitrogen and oxygen atoms in total. The van der Waals surface area contributed by atoms with Crippen LogP contribution in [0.2, 0.25) is 0 Å². The van der Waals surface area contributed by atoms with E-state index in [0.29, 0.717) is 6.10 Å². The highest BCUT2D eigenvalue weighted by molar-refractivity contribution is 9.10. The zero-order chi connectivity index (χ0) is 15.2. The summed E-state index contributed by atoms with van der Waals surface area (Å²) in [4.78, 5) is 0. The van der Waals surface area contributed by atoms with E-state index in [-0.39, 0.29) is 12.1 Å². The number of halogens is 1. The van der Waals surface area contributed by atoms with Crippen LogP contribution in [0.4, 0.5) is 0 Å². The highest BCUT2D eigenvalue weighted by Gasteiger charge is 2.24. The van der Waals surface area contributed by atoms with Crippen LogP contribution in [0.15, 0.2) is 22.7 Å². The first-order valence-corrected chi connectivity index (χ1v) is 8.65. The summed E-state index contributed by atoms with van der Waals surface area (Å²) in [6, 6.07) is 6.40. The quantitative estimate of drug-likeness (QED) is 0.836. The summed E-state index contributed by atoms with van der Waals surface area (Å²) in [5.41, 5.74) is 7.30. The van der Waals surface area contributed by atoms with Gasteiger partial charge in [0.05, 0.1) is 6.10 Å². The van der Waals surface area contributed by atoms with Crippen molar-refractivity contribution in [2.75, 3.05) is 7.11 Å². The maximum atomic E-state index is 6.26. The first kappa shape index (κ1) is 16.8. The van der Waals surface area contributed by atoms with E-state index in [9.17, 15) is 0 Å². The monoisotopic (exact) mass is 355 g/mol. The summed E-state index contributed by atoms with van der Waals surface area (Å²) in [5, 5.41) is 0. The van der Waals surface area contributed by atoms with Crippen molar-refractivity contribution in [1.29, 1.82) is 0 Å². The Hall–Kier alpha value is -0.580. The van der Waals surface area contributed by atoms with Crippen molar-refractivity contribution in [2.24, 2.45) is 5.73 Å². The molecule has 0 saturated heterocycles. The Morgan fingerprint density at radius 2 is 2.10 bits per heavy atom. The molecule has 0 aliphatic heterocycles. The van der Waals surface area contributed by atoms with E-state index in [1.165, 1.54) is 12.0 Å². The smallest absolute Gasteiger partial charge is 0.123 e. The molecule has 0 spiro atoms. The maximum Gasteiger partial charge on any atom is 0.123 e. The van der Waals surface area contributed by atoms with E-state index >= 15 is 0 Å². The molecule has 1 fully saturated rings. The van der Waals surface area contributed by atoms with Crippen molar-refractivity contribution in [3.05, 3.63) is 28.2 Å². The Bertz CT molecular complexity index is 452. The normalized spacial score (nSPS) is 23.8. The number of methoxy groups -OCH3 is 1. The second-order valence-electron chi connectivity index (χ2n) is 5.89. The van der Waals surface area contributed by atoms with Crippen LogP contribution in [0.5, 0.6) is 5.75 Å². The molecule has 1 aromatic carbocycles. The van der Waals surface area contributed by atoms with Crippen LogP contribution in [-0.2, 0) is 11.2 Å². The Kier molecular flexibility index (Phi) is 6.52. The molecule has 3 atom stereocenters. The summed E-state index contributed by atoms with van der Waals surface area (Å²) < 4.78 is 12.8. The Morgan fingerprint density at radius 1 is 1.33 bits per heavy atom. The fraction of sp³-hybridized carbons (Fsp3) is 0.647. The van der Waals surface area contributed by atoms with E-state index in [1.807, 2.05) is 6.07 Å². The van der Waals surface area contributed by atoms with Crippen molar-refractivity contribution >= 4 is 15.9 Å². The van der Waals surface area contributed by atoms with Gasteiger partial charge >= 0.3 is 0 Å². The lowest BCUT2D eigenvalue weighted by molar-refractivity contribution is 0.0206. The molecule has 2 N–H and O–H groups in total. The minimum Gasteiger partial charge on any atom is -0.490 e. The van der Waals surface area contributed by atoms with Gasteiger partial charge in [0.1, 0.15) is 11.9 Å². The highest BCUT2D eigenvalue weighted by Crippen LogP contribution is 2.30. The zero-order valence-electron chi connectivity index (χ0n) is 13.0. The third-order valence-corrected chi connectivity index (χ3v) is 4.73. The van der Waals surface area contributed by atoms with Crippen LogP contribution >= 0.6 is 15.9 Å². The van der Waals surface area contributed by atoms with Gasteiger partial charge in [0.2, 0.25) is 0 Å². The van der Waals surface area contributed by atoms with Crippen LogP contribution in [0, 0.1) is 0 Å². The molecule has 118 valence electrons. The van der Waals surface area contributed by atoms with Crippen molar-refractivity contribution in [1.82, 2.24) is 0 Å². The van der Waals surface area contributed by atoms with Gasteiger partial charge in [-0.1, -0.05) is 22.9 Å². The lowest BCUT2D eigenvalue weighted by Crippen LogP contribution is -2.30. The molecule has 21 heavy (non-hydrogen) atoms. The molecule has 0 heterocycles. The number of rotatable bonds is 6. The van der Waals surface area contributed by atoms with Gasteiger partial charge in [-0.25, -0.2) is 0 Å². The molecule has 0 radical (unpaired) electrons. The predicted octanol–water partition coefficient (Wildman–Crippen LogP) is 4.07. The SMILES string of the molecule is CCC(N)Cc1cc(Br)ccc1OC1CCCC(OC)C1. The van der Waals surface area contributed by atoms with E-state index in [1.54, 1.807) is 7.11 Å². The fourth-order valence-electron chi connectivity index (χ4n) is 2.85. The summed E-state index contributed by atoms with van der Waals surface area (Å²) in [7, 11) is 1.79. The molecule has 1 aromatic rings. The summed E-state index contributed by atoms with van der Waals surface area (Å²) in [5.74, 6) is 0.976. The van der Waals surface area contributed by atoms with Gasteiger partial charge in [-0.15, -0.1) is 0 Å². The molecular formula is C17H26BrNO2. The maximum absolute atomic E-state index is 6.26. The van der Waals surface area contributed by atoms with Gasteiger partial charge in [-0.3, -0.25) is 0 Å². The lowest BCUT2D eigenvalue weighted by Gasteiger charge is -2.29. The molecule has 0 aromatic heterocycles. The van der Waals surface area contributed by atoms with E-state index in [4.69, 9.17) is 15.2 Å². The Balaban J connectivity index is 2.07. The average molecular weight is 356 g/mol. The van der Waals surface area contributed by atoms with Crippen molar-refractivity contribution in [3.63, 3.8) is 0 Å². The summed E-state index contributed by atoms with van der Waals surface area (Å²) >= 11 is 3.54. The molecule has 2 rings (SSSR count). The minimum atomic E-state index is 0.180. The number of hydrogen-bond donors (Lipinski definition) is 1. The second-order valence-corrected chi connectivity index (χ2v) is 6.80. The molecule has 3 unspecified atom stereocenters. The Morgan fingerprint density at radius 3 is 2.81 bits per heavy atom. The zero-order valence-corrected chi connectivity index (χ0v) is 14.6. The molecule has 0 amide bonds. The second kappa shape index (κ2) is 8.16.